The number of para-hydroxylation sites is 1. The quantitative estimate of drug-likeness (QED) is 0.873. The summed E-state index contributed by atoms with van der Waals surface area (Å²) in [5.74, 6) is 0.801. The molecular weight excluding hydrogens is 280 g/mol. The van der Waals surface area contributed by atoms with Gasteiger partial charge in [0.1, 0.15) is 5.82 Å². The van der Waals surface area contributed by atoms with Crippen LogP contribution in [-0.2, 0) is 9.53 Å². The minimum absolute atomic E-state index is 0.120. The van der Waals surface area contributed by atoms with E-state index in [2.05, 4.69) is 9.97 Å². The number of carbonyl (C=O) groups is 1. The summed E-state index contributed by atoms with van der Waals surface area (Å²) in [5.41, 5.74) is 6.86. The zero-order valence-corrected chi connectivity index (χ0v) is 12.7. The second-order valence-electron chi connectivity index (χ2n) is 5.46. The van der Waals surface area contributed by atoms with Gasteiger partial charge in [0.05, 0.1) is 18.0 Å². The van der Waals surface area contributed by atoms with E-state index in [0.717, 1.165) is 30.3 Å². The Hall–Kier alpha value is -2.37. The Balaban J connectivity index is 1.85. The van der Waals surface area contributed by atoms with Crippen LogP contribution in [0.1, 0.15) is 19.8 Å². The highest BCUT2D eigenvalue weighted by Crippen LogP contribution is 2.25. The Morgan fingerprint density at radius 1 is 1.41 bits per heavy atom. The Morgan fingerprint density at radius 3 is 3.05 bits per heavy atom. The molecule has 1 atom stereocenters. The van der Waals surface area contributed by atoms with E-state index in [1.807, 2.05) is 36.1 Å². The summed E-state index contributed by atoms with van der Waals surface area (Å²) in [7, 11) is 0. The molecule has 2 N–H and O–H groups in total. The molecule has 3 rings (SSSR count). The highest BCUT2D eigenvalue weighted by molar-refractivity contribution is 5.88. The second kappa shape index (κ2) is 6.17. The highest BCUT2D eigenvalue weighted by atomic mass is 16.5. The van der Waals surface area contributed by atoms with Crippen LogP contribution in [-0.4, -0.2) is 35.6 Å². The molecule has 1 aromatic carbocycles. The minimum atomic E-state index is -0.138. The number of benzene rings is 1. The Kier molecular flexibility index (Phi) is 4.09. The number of hydrogen-bond donors (Lipinski definition) is 1. The van der Waals surface area contributed by atoms with Gasteiger partial charge in [-0.15, -0.1) is 0 Å². The van der Waals surface area contributed by atoms with Gasteiger partial charge in [0.2, 0.25) is 5.95 Å². The van der Waals surface area contributed by atoms with Crippen LogP contribution in [0.2, 0.25) is 0 Å². The van der Waals surface area contributed by atoms with Crippen molar-refractivity contribution in [2.75, 3.05) is 30.3 Å². The molecule has 2 heterocycles. The largest absolute Gasteiger partial charge is 0.466 e. The first-order valence-electron chi connectivity index (χ1n) is 7.63. The third-order valence-electron chi connectivity index (χ3n) is 3.95. The number of piperidine rings is 1. The van der Waals surface area contributed by atoms with Crippen LogP contribution in [0.3, 0.4) is 0 Å². The lowest BCUT2D eigenvalue weighted by Crippen LogP contribution is -2.40. The summed E-state index contributed by atoms with van der Waals surface area (Å²) < 4.78 is 5.13. The van der Waals surface area contributed by atoms with Crippen molar-refractivity contribution < 1.29 is 9.53 Å². The molecule has 6 nitrogen and oxygen atoms in total. The van der Waals surface area contributed by atoms with Gasteiger partial charge in [0.25, 0.3) is 0 Å². The molecule has 0 amide bonds. The van der Waals surface area contributed by atoms with Crippen LogP contribution in [0.4, 0.5) is 11.8 Å². The normalized spacial score (nSPS) is 18.4. The summed E-state index contributed by atoms with van der Waals surface area (Å²) in [6.45, 7) is 3.64. The van der Waals surface area contributed by atoms with E-state index in [-0.39, 0.29) is 11.9 Å². The van der Waals surface area contributed by atoms with Crippen LogP contribution in [0.25, 0.3) is 10.9 Å². The van der Waals surface area contributed by atoms with Crippen molar-refractivity contribution in [2.24, 2.45) is 5.92 Å². The monoisotopic (exact) mass is 300 g/mol. The van der Waals surface area contributed by atoms with Gasteiger partial charge in [-0.1, -0.05) is 12.1 Å². The fourth-order valence-electron chi connectivity index (χ4n) is 2.84. The van der Waals surface area contributed by atoms with Crippen LogP contribution < -0.4 is 10.6 Å². The maximum atomic E-state index is 11.9. The van der Waals surface area contributed by atoms with Crippen molar-refractivity contribution in [3.8, 4) is 0 Å². The predicted molar refractivity (Wildman–Crippen MR) is 85.5 cm³/mol. The molecule has 1 aromatic heterocycles. The zero-order valence-electron chi connectivity index (χ0n) is 12.7. The molecule has 0 bridgehead atoms. The molecule has 1 aliphatic rings. The number of aromatic nitrogens is 2. The minimum Gasteiger partial charge on any atom is -0.466 e. The highest BCUT2D eigenvalue weighted by Gasteiger charge is 2.28. The first-order valence-corrected chi connectivity index (χ1v) is 7.63. The lowest BCUT2D eigenvalue weighted by Gasteiger charge is -2.31. The number of ether oxygens (including phenoxy) is 1. The number of carbonyl (C=O) groups excluding carboxylic acids is 1. The molecule has 1 fully saturated rings. The molecule has 0 aliphatic carbocycles. The number of nitrogen functional groups attached to an aromatic ring is 1. The van der Waals surface area contributed by atoms with Crippen LogP contribution in [0.15, 0.2) is 24.3 Å². The van der Waals surface area contributed by atoms with Crippen molar-refractivity contribution >= 4 is 28.6 Å². The van der Waals surface area contributed by atoms with Crippen molar-refractivity contribution in [1.82, 2.24) is 9.97 Å². The third kappa shape index (κ3) is 2.81. The number of nitrogens with zero attached hydrogens (tertiary/aromatic N) is 3. The number of rotatable bonds is 3. The number of hydrogen-bond acceptors (Lipinski definition) is 6. The molecule has 22 heavy (non-hydrogen) atoms. The molecule has 0 radical (unpaired) electrons. The van der Waals surface area contributed by atoms with Gasteiger partial charge in [0.15, 0.2) is 0 Å². The third-order valence-corrected chi connectivity index (χ3v) is 3.95. The summed E-state index contributed by atoms with van der Waals surface area (Å²) in [5, 5.41) is 0.852. The SMILES string of the molecule is CCOC(=O)C1CCCN(c2nc(N)c3ccccc3n2)C1. The van der Waals surface area contributed by atoms with E-state index in [4.69, 9.17) is 10.5 Å². The van der Waals surface area contributed by atoms with Crippen molar-refractivity contribution in [1.29, 1.82) is 0 Å². The Bertz CT molecular complexity index is 689. The van der Waals surface area contributed by atoms with Gasteiger partial charge in [-0.2, -0.15) is 4.98 Å². The number of esters is 1. The average molecular weight is 300 g/mol. The number of fused-ring (bicyclic) bond motifs is 1. The van der Waals surface area contributed by atoms with Gasteiger partial charge in [-0.3, -0.25) is 4.79 Å². The fourth-order valence-corrected chi connectivity index (χ4v) is 2.84. The zero-order chi connectivity index (χ0) is 15.5. The lowest BCUT2D eigenvalue weighted by molar-refractivity contribution is -0.148. The van der Waals surface area contributed by atoms with Crippen molar-refractivity contribution in [3.63, 3.8) is 0 Å². The van der Waals surface area contributed by atoms with E-state index in [0.29, 0.717) is 24.9 Å². The average Bonchev–Trinajstić information content (AvgIpc) is 2.55. The van der Waals surface area contributed by atoms with E-state index in [9.17, 15) is 4.79 Å². The van der Waals surface area contributed by atoms with E-state index < -0.39 is 0 Å². The van der Waals surface area contributed by atoms with Crippen LogP contribution in [0.5, 0.6) is 0 Å². The molecule has 1 saturated heterocycles. The summed E-state index contributed by atoms with van der Waals surface area (Å²) in [4.78, 5) is 22.9. The van der Waals surface area contributed by atoms with Crippen LogP contribution >= 0.6 is 0 Å². The molecule has 2 aromatic rings. The van der Waals surface area contributed by atoms with Gasteiger partial charge >= 0.3 is 5.97 Å². The molecule has 1 aliphatic heterocycles. The van der Waals surface area contributed by atoms with Gasteiger partial charge < -0.3 is 15.4 Å². The topological polar surface area (TPSA) is 81.3 Å². The van der Waals surface area contributed by atoms with E-state index in [1.54, 1.807) is 0 Å². The second-order valence-corrected chi connectivity index (χ2v) is 5.46. The summed E-state index contributed by atoms with van der Waals surface area (Å²) >= 11 is 0. The van der Waals surface area contributed by atoms with Gasteiger partial charge in [0, 0.05) is 18.5 Å². The fraction of sp³-hybridized carbons (Fsp3) is 0.438. The van der Waals surface area contributed by atoms with Gasteiger partial charge in [-0.05, 0) is 31.9 Å². The predicted octanol–water partition coefficient (Wildman–Crippen LogP) is 1.99. The number of nitrogens with two attached hydrogens (primary N) is 1. The summed E-state index contributed by atoms with van der Waals surface area (Å²) in [6, 6.07) is 7.67. The molecule has 6 heteroatoms. The maximum absolute atomic E-state index is 11.9. The summed E-state index contributed by atoms with van der Waals surface area (Å²) in [6.07, 6.45) is 1.76. The molecular formula is C16H20N4O2. The smallest absolute Gasteiger partial charge is 0.310 e. The Labute approximate surface area is 129 Å². The molecule has 116 valence electrons. The van der Waals surface area contributed by atoms with E-state index in [1.165, 1.54) is 0 Å². The first kappa shape index (κ1) is 14.6. The lowest BCUT2D eigenvalue weighted by atomic mass is 9.98. The maximum Gasteiger partial charge on any atom is 0.310 e. The Morgan fingerprint density at radius 2 is 2.23 bits per heavy atom. The van der Waals surface area contributed by atoms with Crippen molar-refractivity contribution in [2.45, 2.75) is 19.8 Å². The standard InChI is InChI=1S/C16H20N4O2/c1-2-22-15(21)11-6-5-9-20(10-11)16-18-13-8-4-3-7-12(13)14(17)19-16/h3-4,7-8,11H,2,5-6,9-10H2,1H3,(H2,17,18,19). The van der Waals surface area contributed by atoms with Crippen molar-refractivity contribution in [3.05, 3.63) is 24.3 Å². The number of anilines is 2. The molecule has 1 unspecified atom stereocenters. The van der Waals surface area contributed by atoms with Crippen LogP contribution in [0, 0.1) is 5.92 Å². The first-order chi connectivity index (χ1) is 10.7. The van der Waals surface area contributed by atoms with Gasteiger partial charge in [-0.25, -0.2) is 4.98 Å². The van der Waals surface area contributed by atoms with E-state index >= 15 is 0 Å². The molecule has 0 saturated carbocycles. The molecule has 0 spiro atoms.